The van der Waals surface area contributed by atoms with E-state index in [4.69, 9.17) is 5.11 Å². The van der Waals surface area contributed by atoms with Crippen LogP contribution in [0.15, 0.2) is 11.6 Å². The Balaban J connectivity index is 2.39. The third kappa shape index (κ3) is 5.13. The zero-order chi connectivity index (χ0) is 13.5. The highest BCUT2D eigenvalue weighted by Gasteiger charge is 2.20. The van der Waals surface area contributed by atoms with Crippen molar-refractivity contribution in [3.05, 3.63) is 16.6 Å². The lowest BCUT2D eigenvalue weighted by Gasteiger charge is -2.16. The maximum atomic E-state index is 11.5. The average molecular weight is 271 g/mol. The summed E-state index contributed by atoms with van der Waals surface area (Å²) in [6.45, 7) is 4.12. The van der Waals surface area contributed by atoms with Crippen LogP contribution in [0.1, 0.15) is 25.3 Å². The molecule has 0 saturated carbocycles. The van der Waals surface area contributed by atoms with Gasteiger partial charge >= 0.3 is 12.0 Å². The molecule has 1 aromatic heterocycles. The second-order valence-electron chi connectivity index (χ2n) is 4.27. The van der Waals surface area contributed by atoms with Gasteiger partial charge in [-0.3, -0.25) is 0 Å². The lowest BCUT2D eigenvalue weighted by molar-refractivity contribution is -0.139. The van der Waals surface area contributed by atoms with E-state index in [9.17, 15) is 9.59 Å². The van der Waals surface area contributed by atoms with Crippen LogP contribution in [-0.2, 0) is 11.3 Å². The normalized spacial score (nSPS) is 12.2. The molecular weight excluding hydrogens is 254 g/mol. The summed E-state index contributed by atoms with van der Waals surface area (Å²) >= 11 is 1.43. The fourth-order valence-corrected chi connectivity index (χ4v) is 1.95. The first-order valence-corrected chi connectivity index (χ1v) is 6.52. The molecule has 1 rings (SSSR count). The zero-order valence-corrected chi connectivity index (χ0v) is 11.2. The second kappa shape index (κ2) is 6.95. The topological polar surface area (TPSA) is 91.3 Å². The van der Waals surface area contributed by atoms with Gasteiger partial charge in [0.25, 0.3) is 0 Å². The number of carbonyl (C=O) groups is 2. The van der Waals surface area contributed by atoms with Gasteiger partial charge in [-0.15, -0.1) is 11.3 Å². The number of aliphatic carboxylic acids is 1. The maximum absolute atomic E-state index is 11.5. The number of hydrogen-bond donors (Lipinski definition) is 3. The third-order valence-electron chi connectivity index (χ3n) is 2.19. The van der Waals surface area contributed by atoms with E-state index in [1.54, 1.807) is 6.20 Å². The van der Waals surface area contributed by atoms with Gasteiger partial charge in [0.15, 0.2) is 0 Å². The Bertz CT molecular complexity index is 392. The van der Waals surface area contributed by atoms with Crippen molar-refractivity contribution in [2.24, 2.45) is 5.92 Å². The minimum absolute atomic E-state index is 0.199. The van der Waals surface area contributed by atoms with E-state index < -0.39 is 18.0 Å². The highest BCUT2D eigenvalue weighted by atomic mass is 32.1. The molecule has 3 N–H and O–H groups in total. The molecule has 1 aromatic rings. The molecule has 18 heavy (non-hydrogen) atoms. The predicted molar refractivity (Wildman–Crippen MR) is 68.4 cm³/mol. The van der Waals surface area contributed by atoms with Gasteiger partial charge in [0.05, 0.1) is 6.54 Å². The number of carboxylic acid groups (broad SMARTS) is 1. The number of carboxylic acids is 1. The molecule has 0 bridgehead atoms. The second-order valence-corrected chi connectivity index (χ2v) is 5.25. The summed E-state index contributed by atoms with van der Waals surface area (Å²) in [4.78, 5) is 26.5. The van der Waals surface area contributed by atoms with Crippen LogP contribution in [0.25, 0.3) is 0 Å². The van der Waals surface area contributed by atoms with Crippen molar-refractivity contribution in [3.63, 3.8) is 0 Å². The summed E-state index contributed by atoms with van der Waals surface area (Å²) in [5.74, 6) is -0.821. The van der Waals surface area contributed by atoms with Crippen molar-refractivity contribution in [2.75, 3.05) is 0 Å². The minimum atomic E-state index is -1.02. The van der Waals surface area contributed by atoms with Gasteiger partial charge in [-0.2, -0.15) is 0 Å². The van der Waals surface area contributed by atoms with Gasteiger partial charge < -0.3 is 15.7 Å². The van der Waals surface area contributed by atoms with Gasteiger partial charge in [0.1, 0.15) is 11.0 Å². The summed E-state index contributed by atoms with van der Waals surface area (Å²) in [7, 11) is 0. The van der Waals surface area contributed by atoms with Crippen molar-refractivity contribution < 1.29 is 14.7 Å². The number of carbonyl (C=O) groups excluding carboxylic acids is 1. The number of thiazole rings is 1. The Morgan fingerprint density at radius 2 is 2.22 bits per heavy atom. The van der Waals surface area contributed by atoms with Crippen LogP contribution >= 0.6 is 11.3 Å². The van der Waals surface area contributed by atoms with E-state index in [0.717, 1.165) is 5.01 Å². The number of nitrogens with zero attached hydrogens (tertiary/aromatic N) is 1. The lowest BCUT2D eigenvalue weighted by Crippen LogP contribution is -2.46. The fourth-order valence-electron chi connectivity index (χ4n) is 1.40. The summed E-state index contributed by atoms with van der Waals surface area (Å²) in [6, 6.07) is -1.35. The number of nitrogens with one attached hydrogen (secondary N) is 2. The molecule has 0 aliphatic heterocycles. The molecule has 6 nitrogen and oxygen atoms in total. The van der Waals surface area contributed by atoms with Crippen molar-refractivity contribution in [2.45, 2.75) is 32.9 Å². The zero-order valence-electron chi connectivity index (χ0n) is 10.3. The third-order valence-corrected chi connectivity index (χ3v) is 2.97. The summed E-state index contributed by atoms with van der Waals surface area (Å²) in [6.07, 6.45) is 2.05. The molecular formula is C11H17N3O3S. The highest BCUT2D eigenvalue weighted by molar-refractivity contribution is 7.09. The summed E-state index contributed by atoms with van der Waals surface area (Å²) in [5.41, 5.74) is 0. The van der Waals surface area contributed by atoms with Crippen molar-refractivity contribution >= 4 is 23.3 Å². The standard InChI is InChI=1S/C11H17N3O3S/c1-7(2)5-8(10(15)16)14-11(17)13-6-9-12-3-4-18-9/h3-4,7-8H,5-6H2,1-2H3,(H,15,16)(H2,13,14,17). The van der Waals surface area contributed by atoms with Gasteiger partial charge in [0, 0.05) is 11.6 Å². The number of amides is 2. The predicted octanol–water partition coefficient (Wildman–Crippen LogP) is 1.44. The number of aromatic nitrogens is 1. The molecule has 2 amide bonds. The van der Waals surface area contributed by atoms with E-state index in [1.807, 2.05) is 19.2 Å². The largest absolute Gasteiger partial charge is 0.480 e. The van der Waals surface area contributed by atoms with Crippen molar-refractivity contribution in [3.8, 4) is 0 Å². The summed E-state index contributed by atoms with van der Waals surface area (Å²) < 4.78 is 0. The smallest absolute Gasteiger partial charge is 0.326 e. The SMILES string of the molecule is CC(C)CC(NC(=O)NCc1nccs1)C(=O)O. The molecule has 1 atom stereocenters. The Kier molecular flexibility index (Phi) is 5.57. The Morgan fingerprint density at radius 3 is 2.72 bits per heavy atom. The minimum Gasteiger partial charge on any atom is -0.480 e. The first-order valence-electron chi connectivity index (χ1n) is 5.64. The molecule has 0 saturated heterocycles. The molecule has 0 aromatic carbocycles. The van der Waals surface area contributed by atoms with Gasteiger partial charge in [-0.1, -0.05) is 13.8 Å². The van der Waals surface area contributed by atoms with E-state index in [-0.39, 0.29) is 5.92 Å². The van der Waals surface area contributed by atoms with E-state index in [1.165, 1.54) is 11.3 Å². The van der Waals surface area contributed by atoms with Gasteiger partial charge in [-0.05, 0) is 12.3 Å². The Hall–Kier alpha value is -1.63. The number of rotatable bonds is 6. The van der Waals surface area contributed by atoms with E-state index in [0.29, 0.717) is 13.0 Å². The quantitative estimate of drug-likeness (QED) is 0.730. The molecule has 100 valence electrons. The van der Waals surface area contributed by atoms with Crippen LogP contribution < -0.4 is 10.6 Å². The molecule has 0 radical (unpaired) electrons. The first-order chi connectivity index (χ1) is 8.49. The van der Waals surface area contributed by atoms with Crippen molar-refractivity contribution in [1.29, 1.82) is 0 Å². The van der Waals surface area contributed by atoms with E-state index >= 15 is 0 Å². The monoisotopic (exact) mass is 271 g/mol. The molecule has 0 spiro atoms. The molecule has 1 unspecified atom stereocenters. The first kappa shape index (κ1) is 14.4. The van der Waals surface area contributed by atoms with Crippen LogP contribution in [0.4, 0.5) is 4.79 Å². The lowest BCUT2D eigenvalue weighted by atomic mass is 10.0. The van der Waals surface area contributed by atoms with Crippen LogP contribution in [0.5, 0.6) is 0 Å². The van der Waals surface area contributed by atoms with Gasteiger partial charge in [-0.25, -0.2) is 14.6 Å². The number of hydrogen-bond acceptors (Lipinski definition) is 4. The number of urea groups is 1. The molecule has 0 aliphatic rings. The van der Waals surface area contributed by atoms with Crippen LogP contribution in [-0.4, -0.2) is 28.1 Å². The Labute approximate surface area is 109 Å². The summed E-state index contributed by atoms with van der Waals surface area (Å²) in [5, 5.41) is 16.6. The van der Waals surface area contributed by atoms with Gasteiger partial charge in [0.2, 0.25) is 0 Å². The van der Waals surface area contributed by atoms with Crippen LogP contribution in [0, 0.1) is 5.92 Å². The fraction of sp³-hybridized carbons (Fsp3) is 0.545. The van der Waals surface area contributed by atoms with Crippen molar-refractivity contribution in [1.82, 2.24) is 15.6 Å². The van der Waals surface area contributed by atoms with Crippen LogP contribution in [0.2, 0.25) is 0 Å². The van der Waals surface area contributed by atoms with E-state index in [2.05, 4.69) is 15.6 Å². The average Bonchev–Trinajstić information content (AvgIpc) is 2.77. The Morgan fingerprint density at radius 1 is 1.50 bits per heavy atom. The molecule has 0 fully saturated rings. The molecule has 7 heteroatoms. The molecule has 0 aliphatic carbocycles. The maximum Gasteiger partial charge on any atom is 0.326 e. The molecule has 1 heterocycles. The van der Waals surface area contributed by atoms with Crippen LogP contribution in [0.3, 0.4) is 0 Å². The highest BCUT2D eigenvalue weighted by Crippen LogP contribution is 2.05.